The van der Waals surface area contributed by atoms with Crippen LogP contribution in [-0.2, 0) is 18.2 Å². The first-order chi connectivity index (χ1) is 15.3. The second-order valence-corrected chi connectivity index (χ2v) is 10.8. The van der Waals surface area contributed by atoms with Gasteiger partial charge in [-0.2, -0.15) is 0 Å². The number of aromatic carboxylic acids is 1. The van der Waals surface area contributed by atoms with Crippen LogP contribution in [0.2, 0.25) is 0 Å². The van der Waals surface area contributed by atoms with Crippen molar-refractivity contribution in [1.29, 1.82) is 0 Å². The van der Waals surface area contributed by atoms with Gasteiger partial charge >= 0.3 is 0 Å². The third kappa shape index (κ3) is 2.16. The lowest BCUT2D eigenvalue weighted by Gasteiger charge is -2.55. The number of carboxylic acids is 1. The molecule has 0 saturated carbocycles. The Labute approximate surface area is 200 Å². The minimum absolute atomic E-state index is 0.0148. The molecule has 32 heavy (non-hydrogen) atoms. The molecule has 7 heteroatoms. The van der Waals surface area contributed by atoms with Crippen LogP contribution in [0.3, 0.4) is 0 Å². The van der Waals surface area contributed by atoms with Crippen molar-refractivity contribution in [2.24, 2.45) is 11.8 Å². The lowest BCUT2D eigenvalue weighted by molar-refractivity contribution is -0.255. The summed E-state index contributed by atoms with van der Waals surface area (Å²) in [5.74, 6) is -3.27. The zero-order valence-electron chi connectivity index (χ0n) is 16.4. The number of carbonyl (C=O) groups excluding carboxylic acids is 3. The molecule has 0 radical (unpaired) electrons. The molecule has 3 aliphatic carbocycles. The monoisotopic (exact) mass is 550 g/mol. The normalized spacial score (nSPS) is 29.5. The van der Waals surface area contributed by atoms with Crippen molar-refractivity contribution in [2.75, 3.05) is 4.90 Å². The number of carboxylic acid groups (broad SMARTS) is 1. The zero-order valence-corrected chi connectivity index (χ0v) is 19.6. The SMILES string of the molecule is O=C([O-])c1ccc(N2C(=O)[C@H]3[C@H](C2=O)C2(Br)c4ccccc4C3(Br)c3ccccc32)cc1. The summed E-state index contributed by atoms with van der Waals surface area (Å²) >= 11 is 7.91. The highest BCUT2D eigenvalue weighted by Crippen LogP contribution is 2.70. The van der Waals surface area contributed by atoms with Gasteiger partial charge < -0.3 is 9.90 Å². The van der Waals surface area contributed by atoms with E-state index in [-0.39, 0.29) is 17.4 Å². The molecule has 2 bridgehead atoms. The highest BCUT2D eigenvalue weighted by molar-refractivity contribution is 9.10. The fourth-order valence-electron chi connectivity index (χ4n) is 5.67. The van der Waals surface area contributed by atoms with Crippen LogP contribution in [0.1, 0.15) is 32.6 Å². The minimum Gasteiger partial charge on any atom is -0.545 e. The summed E-state index contributed by atoms with van der Waals surface area (Å²) in [6.45, 7) is 0. The standard InChI is InChI=1S/C25H15Br2NO4/c26-24-15-5-1-2-6-16(15)25(27,18-8-4-3-7-17(18)24)20-19(24)21(29)28(22(20)30)14-11-9-13(10-12-14)23(31)32/h1-12,19-20H,(H,31,32)/p-1/t19-,20-,24?,25?/m1/s1. The third-order valence-corrected chi connectivity index (χ3v) is 9.64. The molecule has 7 rings (SSSR count). The molecule has 158 valence electrons. The van der Waals surface area contributed by atoms with E-state index in [0.29, 0.717) is 5.69 Å². The fourth-order valence-corrected chi connectivity index (χ4v) is 7.97. The van der Waals surface area contributed by atoms with Gasteiger partial charge in [-0.1, -0.05) is 92.5 Å². The van der Waals surface area contributed by atoms with Gasteiger partial charge in [0.05, 0.1) is 32.1 Å². The summed E-state index contributed by atoms with van der Waals surface area (Å²) in [6.07, 6.45) is 0. The predicted octanol–water partition coefficient (Wildman–Crippen LogP) is 3.46. The summed E-state index contributed by atoms with van der Waals surface area (Å²) in [5, 5.41) is 11.1. The number of nitrogens with zero attached hydrogens (tertiary/aromatic N) is 1. The Hall–Kier alpha value is -2.77. The molecule has 3 aromatic carbocycles. The molecule has 3 aromatic rings. The number of anilines is 1. The average molecular weight is 552 g/mol. The largest absolute Gasteiger partial charge is 0.545 e. The topological polar surface area (TPSA) is 77.5 Å². The highest BCUT2D eigenvalue weighted by atomic mass is 79.9. The number of halogens is 2. The van der Waals surface area contributed by atoms with Gasteiger partial charge in [0, 0.05) is 0 Å². The maximum Gasteiger partial charge on any atom is 0.239 e. The molecule has 0 unspecified atom stereocenters. The van der Waals surface area contributed by atoms with Gasteiger partial charge in [0.15, 0.2) is 0 Å². The second kappa shape index (κ2) is 6.39. The van der Waals surface area contributed by atoms with E-state index >= 15 is 0 Å². The Bertz CT molecular complexity index is 1230. The van der Waals surface area contributed by atoms with Crippen molar-refractivity contribution in [2.45, 2.75) is 8.65 Å². The smallest absolute Gasteiger partial charge is 0.239 e. The molecule has 4 aliphatic rings. The van der Waals surface area contributed by atoms with Crippen molar-refractivity contribution in [3.63, 3.8) is 0 Å². The average Bonchev–Trinajstić information content (AvgIpc) is 3.08. The summed E-state index contributed by atoms with van der Waals surface area (Å²) in [4.78, 5) is 40.0. The summed E-state index contributed by atoms with van der Waals surface area (Å²) < 4.78 is -1.71. The Kier molecular flexibility index (Phi) is 3.97. The van der Waals surface area contributed by atoms with Crippen LogP contribution in [0, 0.1) is 11.8 Å². The molecule has 5 nitrogen and oxygen atoms in total. The molecular formula is C25H14Br2NO4-. The number of hydrogen-bond donors (Lipinski definition) is 0. The van der Waals surface area contributed by atoms with Crippen LogP contribution in [0.5, 0.6) is 0 Å². The van der Waals surface area contributed by atoms with Crippen molar-refractivity contribution in [3.8, 4) is 0 Å². The van der Waals surface area contributed by atoms with Crippen molar-refractivity contribution in [1.82, 2.24) is 0 Å². The van der Waals surface area contributed by atoms with Gasteiger partial charge in [0.25, 0.3) is 0 Å². The maximum absolute atomic E-state index is 13.9. The van der Waals surface area contributed by atoms with E-state index in [9.17, 15) is 19.5 Å². The van der Waals surface area contributed by atoms with Gasteiger partial charge in [-0.05, 0) is 39.9 Å². The molecule has 0 N–H and O–H groups in total. The van der Waals surface area contributed by atoms with Crippen LogP contribution in [0.4, 0.5) is 5.69 Å². The Morgan fingerprint density at radius 2 is 1.09 bits per heavy atom. The molecule has 1 aliphatic heterocycles. The van der Waals surface area contributed by atoms with Crippen LogP contribution < -0.4 is 10.0 Å². The molecule has 2 amide bonds. The molecule has 1 heterocycles. The van der Waals surface area contributed by atoms with Crippen molar-refractivity contribution in [3.05, 3.63) is 101 Å². The van der Waals surface area contributed by atoms with E-state index < -0.39 is 26.5 Å². The van der Waals surface area contributed by atoms with Gasteiger partial charge in [-0.3, -0.25) is 9.59 Å². The van der Waals surface area contributed by atoms with E-state index in [1.54, 1.807) is 0 Å². The van der Waals surface area contributed by atoms with E-state index in [2.05, 4.69) is 31.9 Å². The first kappa shape index (κ1) is 19.9. The van der Waals surface area contributed by atoms with Crippen LogP contribution in [0.15, 0.2) is 72.8 Å². The maximum atomic E-state index is 13.9. The van der Waals surface area contributed by atoms with E-state index in [4.69, 9.17) is 0 Å². The quantitative estimate of drug-likeness (QED) is 0.361. The van der Waals surface area contributed by atoms with Crippen LogP contribution >= 0.6 is 31.9 Å². The van der Waals surface area contributed by atoms with E-state index in [1.165, 1.54) is 29.2 Å². The summed E-state index contributed by atoms with van der Waals surface area (Å²) in [7, 11) is 0. The molecule has 2 atom stereocenters. The van der Waals surface area contributed by atoms with Crippen LogP contribution in [0.25, 0.3) is 0 Å². The molecule has 0 spiro atoms. The highest BCUT2D eigenvalue weighted by Gasteiger charge is 2.72. The molecular weight excluding hydrogens is 538 g/mol. The number of amides is 2. The lowest BCUT2D eigenvalue weighted by atomic mass is 9.54. The number of carbonyl (C=O) groups is 3. The van der Waals surface area contributed by atoms with Gasteiger partial charge in [0.2, 0.25) is 11.8 Å². The summed E-state index contributed by atoms with van der Waals surface area (Å²) in [5.41, 5.74) is 4.19. The predicted molar refractivity (Wildman–Crippen MR) is 123 cm³/mol. The van der Waals surface area contributed by atoms with Crippen LogP contribution in [-0.4, -0.2) is 17.8 Å². The Balaban J connectivity index is 1.60. The number of rotatable bonds is 2. The molecule has 1 fully saturated rings. The number of alkyl halides is 2. The number of benzene rings is 3. The minimum atomic E-state index is -1.31. The second-order valence-electron chi connectivity index (χ2n) is 8.32. The Morgan fingerprint density at radius 3 is 1.44 bits per heavy atom. The van der Waals surface area contributed by atoms with E-state index in [0.717, 1.165) is 22.3 Å². The first-order valence-electron chi connectivity index (χ1n) is 10.1. The van der Waals surface area contributed by atoms with Crippen molar-refractivity contribution < 1.29 is 19.5 Å². The van der Waals surface area contributed by atoms with E-state index in [1.807, 2.05) is 48.5 Å². The Morgan fingerprint density at radius 1 is 0.719 bits per heavy atom. The molecule has 0 aromatic heterocycles. The summed E-state index contributed by atoms with van der Waals surface area (Å²) in [6, 6.07) is 21.4. The van der Waals surface area contributed by atoms with Gasteiger partial charge in [0.1, 0.15) is 0 Å². The number of imide groups is 1. The van der Waals surface area contributed by atoms with Gasteiger partial charge in [-0.25, -0.2) is 4.90 Å². The number of hydrogen-bond acceptors (Lipinski definition) is 4. The van der Waals surface area contributed by atoms with Gasteiger partial charge in [-0.15, -0.1) is 0 Å². The van der Waals surface area contributed by atoms with Crippen molar-refractivity contribution >= 4 is 55.3 Å². The fraction of sp³-hybridized carbons (Fsp3) is 0.160. The lowest BCUT2D eigenvalue weighted by Crippen LogP contribution is -2.56. The third-order valence-electron chi connectivity index (χ3n) is 6.95. The molecule has 1 saturated heterocycles. The zero-order chi connectivity index (χ0) is 22.4. The first-order valence-corrected chi connectivity index (χ1v) is 11.7.